The number of fused-ring (bicyclic) bond motifs is 1. The van der Waals surface area contributed by atoms with Gasteiger partial charge in [0.15, 0.2) is 0 Å². The van der Waals surface area contributed by atoms with Crippen molar-refractivity contribution in [1.82, 2.24) is 20.9 Å². The number of aldehydes is 1. The molecule has 9 heteroatoms. The predicted molar refractivity (Wildman–Crippen MR) is 135 cm³/mol. The highest BCUT2D eigenvalue weighted by molar-refractivity contribution is 5.94. The number of hydrogen-bond acceptors (Lipinski definition) is 5. The number of piperidine rings is 1. The van der Waals surface area contributed by atoms with Gasteiger partial charge in [0.25, 0.3) is 0 Å². The first kappa shape index (κ1) is 28.1. The third kappa shape index (κ3) is 5.92. The minimum atomic E-state index is -0.797. The van der Waals surface area contributed by atoms with Crippen LogP contribution in [-0.4, -0.2) is 66.0 Å². The Morgan fingerprint density at radius 3 is 2.28 bits per heavy atom. The largest absolute Gasteiger partial charge is 0.356 e. The highest BCUT2D eigenvalue weighted by Crippen LogP contribution is 2.65. The maximum Gasteiger partial charge on any atom is 0.246 e. The van der Waals surface area contributed by atoms with Gasteiger partial charge in [0.2, 0.25) is 23.6 Å². The summed E-state index contributed by atoms with van der Waals surface area (Å²) in [4.78, 5) is 65.5. The van der Waals surface area contributed by atoms with E-state index < -0.39 is 23.5 Å². The average molecular weight is 505 g/mol. The summed E-state index contributed by atoms with van der Waals surface area (Å²) in [6.45, 7) is 16.8. The van der Waals surface area contributed by atoms with Crippen LogP contribution in [0.4, 0.5) is 0 Å². The van der Waals surface area contributed by atoms with E-state index in [4.69, 9.17) is 0 Å². The molecule has 0 spiro atoms. The van der Waals surface area contributed by atoms with Crippen molar-refractivity contribution in [3.8, 4) is 0 Å². The maximum absolute atomic E-state index is 13.9. The van der Waals surface area contributed by atoms with Crippen molar-refractivity contribution >= 4 is 29.9 Å². The van der Waals surface area contributed by atoms with Gasteiger partial charge in [-0.05, 0) is 40.9 Å². The molecule has 1 aliphatic carbocycles. The molecule has 0 aromatic carbocycles. The second-order valence-electron chi connectivity index (χ2n) is 13.8. The molecule has 3 rings (SSSR count). The minimum Gasteiger partial charge on any atom is -0.356 e. The van der Waals surface area contributed by atoms with Crippen LogP contribution in [0.3, 0.4) is 0 Å². The molecular formula is C27H44N4O5. The molecule has 2 heterocycles. The first-order valence-corrected chi connectivity index (χ1v) is 13.1. The number of carbonyl (C=O) groups excluding carboxylic acids is 5. The Labute approximate surface area is 214 Å². The van der Waals surface area contributed by atoms with E-state index in [1.807, 2.05) is 41.5 Å². The van der Waals surface area contributed by atoms with Crippen molar-refractivity contribution in [3.63, 3.8) is 0 Å². The van der Waals surface area contributed by atoms with E-state index in [0.29, 0.717) is 25.8 Å². The van der Waals surface area contributed by atoms with Crippen LogP contribution in [0, 0.1) is 34.0 Å². The summed E-state index contributed by atoms with van der Waals surface area (Å²) < 4.78 is 0. The van der Waals surface area contributed by atoms with E-state index in [-0.39, 0.29) is 65.1 Å². The highest BCUT2D eigenvalue weighted by Gasteiger charge is 2.69. The molecule has 36 heavy (non-hydrogen) atoms. The molecule has 4 amide bonds. The molecule has 3 fully saturated rings. The number of rotatable bonds is 8. The van der Waals surface area contributed by atoms with Gasteiger partial charge in [-0.25, -0.2) is 0 Å². The Hall–Kier alpha value is -2.45. The molecule has 0 aromatic heterocycles. The summed E-state index contributed by atoms with van der Waals surface area (Å²) in [6, 6.07) is -2.30. The lowest BCUT2D eigenvalue weighted by molar-refractivity contribution is -0.146. The SMILES string of the molecule is CC(C)(C)CC(=O)NC(C(=O)N1C[C@H]2[C@@H]([C@H]1C(=O)NC(C=O)CC1CCNC1=O)C2(C)C)C(C)(C)C. The summed E-state index contributed by atoms with van der Waals surface area (Å²) in [5.41, 5.74) is -0.875. The van der Waals surface area contributed by atoms with Gasteiger partial charge >= 0.3 is 0 Å². The van der Waals surface area contributed by atoms with Crippen LogP contribution in [0.1, 0.15) is 74.7 Å². The number of carbonyl (C=O) groups is 5. The number of amides is 4. The number of likely N-dealkylation sites (tertiary alicyclic amines) is 1. The predicted octanol–water partition coefficient (Wildman–Crippen LogP) is 1.65. The fourth-order valence-corrected chi connectivity index (χ4v) is 5.91. The zero-order valence-corrected chi connectivity index (χ0v) is 23.1. The van der Waals surface area contributed by atoms with Crippen LogP contribution in [0.25, 0.3) is 0 Å². The zero-order chi connectivity index (χ0) is 27.2. The van der Waals surface area contributed by atoms with Crippen LogP contribution in [0.15, 0.2) is 0 Å². The highest BCUT2D eigenvalue weighted by atomic mass is 16.2. The fourth-order valence-electron chi connectivity index (χ4n) is 5.91. The lowest BCUT2D eigenvalue weighted by Crippen LogP contribution is -2.60. The van der Waals surface area contributed by atoms with E-state index in [0.717, 1.165) is 0 Å². The Morgan fingerprint density at radius 1 is 1.14 bits per heavy atom. The molecule has 6 atom stereocenters. The van der Waals surface area contributed by atoms with E-state index >= 15 is 0 Å². The lowest BCUT2D eigenvalue weighted by Gasteiger charge is -2.38. The molecule has 2 saturated heterocycles. The summed E-state index contributed by atoms with van der Waals surface area (Å²) in [7, 11) is 0. The molecule has 0 aromatic rings. The first-order chi connectivity index (χ1) is 16.5. The average Bonchev–Trinajstić information content (AvgIpc) is 3.08. The van der Waals surface area contributed by atoms with Crippen molar-refractivity contribution in [3.05, 3.63) is 0 Å². The van der Waals surface area contributed by atoms with Crippen molar-refractivity contribution < 1.29 is 24.0 Å². The van der Waals surface area contributed by atoms with Crippen molar-refractivity contribution in [1.29, 1.82) is 0 Å². The Balaban J connectivity index is 1.78. The quantitative estimate of drug-likeness (QED) is 0.434. The summed E-state index contributed by atoms with van der Waals surface area (Å²) in [5.74, 6) is -1.09. The number of nitrogens with zero attached hydrogens (tertiary/aromatic N) is 1. The topological polar surface area (TPSA) is 125 Å². The maximum atomic E-state index is 13.9. The van der Waals surface area contributed by atoms with Gasteiger partial charge in [-0.3, -0.25) is 19.2 Å². The van der Waals surface area contributed by atoms with Crippen molar-refractivity contribution in [2.24, 2.45) is 34.0 Å². The van der Waals surface area contributed by atoms with Gasteiger partial charge in [0.1, 0.15) is 18.4 Å². The van der Waals surface area contributed by atoms with Crippen LogP contribution in [0.2, 0.25) is 0 Å². The third-order valence-corrected chi connectivity index (χ3v) is 8.06. The Morgan fingerprint density at radius 2 is 1.78 bits per heavy atom. The Kier molecular flexibility index (Phi) is 7.64. The molecule has 3 unspecified atom stereocenters. The fraction of sp³-hybridized carbons (Fsp3) is 0.815. The van der Waals surface area contributed by atoms with Gasteiger partial charge in [0.05, 0.1) is 6.04 Å². The molecule has 2 aliphatic heterocycles. The second kappa shape index (κ2) is 9.78. The van der Waals surface area contributed by atoms with Crippen LogP contribution < -0.4 is 16.0 Å². The Bertz CT molecular complexity index is 916. The van der Waals surface area contributed by atoms with Crippen LogP contribution >= 0.6 is 0 Å². The first-order valence-electron chi connectivity index (χ1n) is 13.1. The van der Waals surface area contributed by atoms with E-state index in [1.165, 1.54) is 0 Å². The van der Waals surface area contributed by atoms with Crippen LogP contribution in [-0.2, 0) is 24.0 Å². The number of hydrogen-bond donors (Lipinski definition) is 3. The van der Waals surface area contributed by atoms with Gasteiger partial charge in [-0.2, -0.15) is 0 Å². The van der Waals surface area contributed by atoms with Gasteiger partial charge < -0.3 is 25.6 Å². The normalized spacial score (nSPS) is 28.6. The van der Waals surface area contributed by atoms with E-state index in [9.17, 15) is 24.0 Å². The molecule has 3 N–H and O–H groups in total. The molecule has 9 nitrogen and oxygen atoms in total. The minimum absolute atomic E-state index is 0.0190. The van der Waals surface area contributed by atoms with E-state index in [1.54, 1.807) is 4.90 Å². The third-order valence-electron chi connectivity index (χ3n) is 8.06. The number of nitrogens with one attached hydrogen (secondary N) is 3. The lowest BCUT2D eigenvalue weighted by atomic mass is 9.84. The summed E-state index contributed by atoms with van der Waals surface area (Å²) in [5, 5.41) is 8.51. The zero-order valence-electron chi connectivity index (χ0n) is 23.1. The van der Waals surface area contributed by atoms with Crippen molar-refractivity contribution in [2.45, 2.75) is 92.8 Å². The monoisotopic (exact) mass is 504 g/mol. The van der Waals surface area contributed by atoms with Gasteiger partial charge in [-0.1, -0.05) is 55.4 Å². The molecule has 0 radical (unpaired) electrons. The molecule has 1 saturated carbocycles. The summed E-state index contributed by atoms with van der Waals surface area (Å²) >= 11 is 0. The van der Waals surface area contributed by atoms with Crippen molar-refractivity contribution in [2.75, 3.05) is 13.1 Å². The van der Waals surface area contributed by atoms with Gasteiger partial charge in [-0.15, -0.1) is 0 Å². The van der Waals surface area contributed by atoms with E-state index in [2.05, 4.69) is 29.8 Å². The standard InChI is InChI=1S/C27H44N4O5/c1-25(2,3)12-18(33)30-21(26(4,5)6)24(36)31-13-17-19(27(17,7)8)20(31)23(35)29-16(14-32)11-15-9-10-28-22(15)34/h14-17,19-21H,9-13H2,1-8H3,(H,28,34)(H,29,35)(H,30,33)/t15?,16?,17-,19-,20-,21?/m0/s1. The molecule has 202 valence electrons. The molecular weight excluding hydrogens is 460 g/mol. The molecule has 3 aliphatic rings. The second-order valence-corrected chi connectivity index (χ2v) is 13.8. The van der Waals surface area contributed by atoms with Gasteiger partial charge in [0, 0.05) is 25.4 Å². The smallest absolute Gasteiger partial charge is 0.246 e. The van der Waals surface area contributed by atoms with Crippen LogP contribution in [0.5, 0.6) is 0 Å². The summed E-state index contributed by atoms with van der Waals surface area (Å²) in [6.07, 6.45) is 1.83. The molecule has 0 bridgehead atoms.